The van der Waals surface area contributed by atoms with Crippen molar-refractivity contribution in [3.8, 4) is 0 Å². The maximum atomic E-state index is 13.7. The summed E-state index contributed by atoms with van der Waals surface area (Å²) in [6, 6.07) is 0. The van der Waals surface area contributed by atoms with E-state index in [1.165, 1.54) is 50.5 Å². The highest BCUT2D eigenvalue weighted by molar-refractivity contribution is 5.91. The van der Waals surface area contributed by atoms with Gasteiger partial charge in [-0.3, -0.25) is 9.59 Å². The number of fused-ring (bicyclic) bond motifs is 5. The molecule has 4 saturated carbocycles. The molecule has 0 aromatic rings. The highest BCUT2D eigenvalue weighted by Gasteiger charge is 2.67. The molecule has 5 rings (SSSR count). The number of ether oxygens (including phenoxy) is 1. The van der Waals surface area contributed by atoms with Crippen LogP contribution in [0.1, 0.15) is 130 Å². The predicted octanol–water partition coefficient (Wildman–Crippen LogP) is 8.21. The fourth-order valence-electron chi connectivity index (χ4n) is 10.2. The molecule has 0 heterocycles. The molecule has 0 N–H and O–H groups in total. The Kier molecular flexibility index (Phi) is 7.03. The van der Waals surface area contributed by atoms with Crippen LogP contribution in [-0.4, -0.2) is 17.4 Å². The molecule has 0 aromatic carbocycles. The van der Waals surface area contributed by atoms with Gasteiger partial charge in [-0.15, -0.1) is 0 Å². The zero-order valence-corrected chi connectivity index (χ0v) is 23.0. The fourth-order valence-corrected chi connectivity index (χ4v) is 10.2. The van der Waals surface area contributed by atoms with Crippen LogP contribution in [0.2, 0.25) is 0 Å². The molecule has 0 aliphatic heterocycles. The van der Waals surface area contributed by atoms with Gasteiger partial charge in [0.1, 0.15) is 5.60 Å². The van der Waals surface area contributed by atoms with Crippen LogP contribution in [0.3, 0.4) is 0 Å². The first-order chi connectivity index (χ1) is 16.8. The summed E-state index contributed by atoms with van der Waals surface area (Å²) < 4.78 is 6.95. The summed E-state index contributed by atoms with van der Waals surface area (Å²) in [5.74, 6) is 3.10. The molecule has 196 valence electrons. The highest BCUT2D eigenvalue weighted by atomic mass is 16.6. The molecule has 7 atom stereocenters. The number of allylic oxidation sites excluding steroid dienone is 1. The van der Waals surface area contributed by atoms with E-state index in [1.807, 2.05) is 6.08 Å². The molecule has 1 unspecified atom stereocenters. The van der Waals surface area contributed by atoms with E-state index in [0.29, 0.717) is 29.5 Å². The number of carbonyl (C=O) groups excluding carboxylic acids is 2. The second kappa shape index (κ2) is 9.64. The Labute approximate surface area is 214 Å². The van der Waals surface area contributed by atoms with Gasteiger partial charge in [0.05, 0.1) is 5.92 Å². The summed E-state index contributed by atoms with van der Waals surface area (Å²) in [6.45, 7) is 9.63. The lowest BCUT2D eigenvalue weighted by molar-refractivity contribution is -0.205. The van der Waals surface area contributed by atoms with E-state index in [-0.39, 0.29) is 28.3 Å². The number of rotatable bonds is 6. The maximum Gasteiger partial charge on any atom is 0.309 e. The Bertz CT molecular complexity index is 853. The third-order valence-corrected chi connectivity index (χ3v) is 12.2. The molecule has 0 spiro atoms. The average molecular weight is 483 g/mol. The Balaban J connectivity index is 1.47. The van der Waals surface area contributed by atoms with Gasteiger partial charge in [-0.05, 0) is 106 Å². The second-order valence-corrected chi connectivity index (χ2v) is 13.5. The number of ketones is 1. The van der Waals surface area contributed by atoms with E-state index in [4.69, 9.17) is 4.74 Å². The molecular formula is C32H50O3. The lowest BCUT2D eigenvalue weighted by Crippen LogP contribution is -2.59. The summed E-state index contributed by atoms with van der Waals surface area (Å²) in [4.78, 5) is 25.9. The van der Waals surface area contributed by atoms with Gasteiger partial charge >= 0.3 is 5.97 Å². The molecule has 0 bridgehead atoms. The molecule has 0 amide bonds. The lowest BCUT2D eigenvalue weighted by Gasteiger charge is -2.60. The van der Waals surface area contributed by atoms with Crippen LogP contribution in [-0.2, 0) is 14.3 Å². The molecule has 35 heavy (non-hydrogen) atoms. The molecule has 4 fully saturated rings. The molecule has 5 aliphatic carbocycles. The third-order valence-electron chi connectivity index (χ3n) is 12.2. The van der Waals surface area contributed by atoms with Gasteiger partial charge in [0.15, 0.2) is 5.78 Å². The Hall–Kier alpha value is -1.12. The van der Waals surface area contributed by atoms with Crippen LogP contribution >= 0.6 is 0 Å². The summed E-state index contributed by atoms with van der Waals surface area (Å²) in [5, 5.41) is 0. The largest absolute Gasteiger partial charge is 0.458 e. The third kappa shape index (κ3) is 3.97. The van der Waals surface area contributed by atoms with Crippen LogP contribution in [0.15, 0.2) is 11.6 Å². The molecular weight excluding hydrogens is 432 g/mol. The van der Waals surface area contributed by atoms with Crippen molar-refractivity contribution in [1.29, 1.82) is 0 Å². The SMILES string of the molecule is CCCC(CC)[C@]1(OC(=O)C2CCCCC2)CC[C@H]2[C@@H]3CCC4=CC(=O)CC[C@]4(C)[C@H]3CC[C@@]21C. The van der Waals surface area contributed by atoms with Crippen molar-refractivity contribution in [3.63, 3.8) is 0 Å². The van der Waals surface area contributed by atoms with E-state index in [9.17, 15) is 9.59 Å². The van der Waals surface area contributed by atoms with E-state index >= 15 is 0 Å². The first kappa shape index (κ1) is 25.5. The number of esters is 1. The van der Waals surface area contributed by atoms with Crippen LogP contribution in [0, 0.1) is 40.4 Å². The van der Waals surface area contributed by atoms with E-state index in [2.05, 4.69) is 27.7 Å². The molecule has 5 aliphatic rings. The quantitative estimate of drug-likeness (QED) is 0.358. The van der Waals surface area contributed by atoms with Gasteiger partial charge in [-0.1, -0.05) is 59.0 Å². The van der Waals surface area contributed by atoms with Crippen LogP contribution < -0.4 is 0 Å². The number of hydrogen-bond acceptors (Lipinski definition) is 3. The van der Waals surface area contributed by atoms with Crippen molar-refractivity contribution in [3.05, 3.63) is 11.6 Å². The van der Waals surface area contributed by atoms with E-state index in [0.717, 1.165) is 57.8 Å². The monoisotopic (exact) mass is 482 g/mol. The summed E-state index contributed by atoms with van der Waals surface area (Å²) in [7, 11) is 0. The standard InChI is InChI=1S/C32H50O3/c1-5-10-23(6-2)32(35-29(34)22-11-8-7-9-12-22)20-17-28-26-14-13-24-21-25(33)15-18-30(24,3)27(26)16-19-31(28,32)4/h21-23,26-28H,5-20H2,1-4H3/t23?,26-,27+,28+,30+,31+,32-/m1/s1. The average Bonchev–Trinajstić information content (AvgIpc) is 3.16. The van der Waals surface area contributed by atoms with Crippen molar-refractivity contribution >= 4 is 11.8 Å². The normalized spacial score (nSPS) is 42.5. The van der Waals surface area contributed by atoms with Crippen LogP contribution in [0.25, 0.3) is 0 Å². The zero-order chi connectivity index (χ0) is 24.8. The Morgan fingerprint density at radius 1 is 0.971 bits per heavy atom. The molecule has 0 aromatic heterocycles. The van der Waals surface area contributed by atoms with Gasteiger partial charge in [-0.25, -0.2) is 0 Å². The molecule has 3 heteroatoms. The Morgan fingerprint density at radius 2 is 1.71 bits per heavy atom. The van der Waals surface area contributed by atoms with Crippen molar-refractivity contribution in [2.45, 2.75) is 136 Å². The number of carbonyl (C=O) groups is 2. The minimum Gasteiger partial charge on any atom is -0.458 e. The van der Waals surface area contributed by atoms with Crippen LogP contribution in [0.5, 0.6) is 0 Å². The Morgan fingerprint density at radius 3 is 2.43 bits per heavy atom. The highest BCUT2D eigenvalue weighted by Crippen LogP contribution is 2.70. The summed E-state index contributed by atoms with van der Waals surface area (Å²) in [6.07, 6.45) is 19.9. The van der Waals surface area contributed by atoms with Crippen molar-refractivity contribution in [2.75, 3.05) is 0 Å². The van der Waals surface area contributed by atoms with Gasteiger partial charge < -0.3 is 4.74 Å². The van der Waals surface area contributed by atoms with E-state index in [1.54, 1.807) is 0 Å². The van der Waals surface area contributed by atoms with E-state index < -0.39 is 0 Å². The van der Waals surface area contributed by atoms with Crippen molar-refractivity contribution in [1.82, 2.24) is 0 Å². The first-order valence-corrected chi connectivity index (χ1v) is 15.3. The van der Waals surface area contributed by atoms with Gasteiger partial charge in [0.25, 0.3) is 0 Å². The summed E-state index contributed by atoms with van der Waals surface area (Å²) in [5.41, 5.74) is 1.44. The van der Waals surface area contributed by atoms with Crippen LogP contribution in [0.4, 0.5) is 0 Å². The number of hydrogen-bond donors (Lipinski definition) is 0. The van der Waals surface area contributed by atoms with Crippen molar-refractivity contribution < 1.29 is 14.3 Å². The predicted molar refractivity (Wildman–Crippen MR) is 141 cm³/mol. The fraction of sp³-hybridized carbons (Fsp3) is 0.875. The smallest absolute Gasteiger partial charge is 0.309 e. The summed E-state index contributed by atoms with van der Waals surface area (Å²) >= 11 is 0. The molecule has 0 radical (unpaired) electrons. The second-order valence-electron chi connectivity index (χ2n) is 13.5. The topological polar surface area (TPSA) is 43.4 Å². The molecule has 0 saturated heterocycles. The first-order valence-electron chi connectivity index (χ1n) is 15.3. The lowest BCUT2D eigenvalue weighted by atomic mass is 9.45. The van der Waals surface area contributed by atoms with Gasteiger partial charge in [-0.2, -0.15) is 0 Å². The minimum absolute atomic E-state index is 0.0798. The van der Waals surface area contributed by atoms with Crippen molar-refractivity contribution in [2.24, 2.45) is 40.4 Å². The van der Waals surface area contributed by atoms with Gasteiger partial charge in [0, 0.05) is 11.8 Å². The minimum atomic E-state index is -0.290. The van der Waals surface area contributed by atoms with Gasteiger partial charge in [0.2, 0.25) is 0 Å². The zero-order valence-electron chi connectivity index (χ0n) is 23.0. The maximum absolute atomic E-state index is 13.7. The molecule has 3 nitrogen and oxygen atoms in total.